The summed E-state index contributed by atoms with van der Waals surface area (Å²) in [7, 11) is 0. The van der Waals surface area contributed by atoms with E-state index in [1.165, 1.54) is 64.2 Å². The predicted octanol–water partition coefficient (Wildman–Crippen LogP) is 11.1. The van der Waals surface area contributed by atoms with Gasteiger partial charge in [0.15, 0.2) is 0 Å². The Morgan fingerprint density at radius 1 is 0.500 bits per heavy atom. The molecule has 0 radical (unpaired) electrons. The van der Waals surface area contributed by atoms with E-state index in [0.717, 1.165) is 77.0 Å². The molecule has 0 saturated carbocycles. The van der Waals surface area contributed by atoms with E-state index >= 15 is 0 Å². The van der Waals surface area contributed by atoms with Crippen molar-refractivity contribution in [2.45, 2.75) is 174 Å². The van der Waals surface area contributed by atoms with Gasteiger partial charge >= 0.3 is 11.9 Å². The third kappa shape index (κ3) is 34.4. The van der Waals surface area contributed by atoms with Crippen LogP contribution in [0.2, 0.25) is 0 Å². The molecule has 0 aliphatic heterocycles. The lowest BCUT2D eigenvalue weighted by atomic mass is 10.0. The highest BCUT2D eigenvalue weighted by Gasteiger charge is 2.12. The maximum atomic E-state index is 11.9. The van der Waals surface area contributed by atoms with Gasteiger partial charge in [-0.2, -0.15) is 0 Å². The molecule has 0 aromatic heterocycles. The number of rotatable bonds is 32. The zero-order valence-corrected chi connectivity index (χ0v) is 28.7. The first-order chi connectivity index (χ1) is 21.6. The number of hydrogen-bond donors (Lipinski definition) is 1. The summed E-state index contributed by atoms with van der Waals surface area (Å²) in [4.78, 5) is 23.8. The molecule has 0 aromatic rings. The predicted molar refractivity (Wildman–Crippen MR) is 187 cm³/mol. The minimum absolute atomic E-state index is 0.123. The SMILES string of the molecule is CC/C=C\C/C=C\C/C=C\C/C=C\CCCCCCC(=O)OC[C@H](O)COC(=O)CCCCCCCCCCCCCCC. The lowest BCUT2D eigenvalue weighted by Gasteiger charge is -2.12. The second kappa shape index (κ2) is 35.3. The van der Waals surface area contributed by atoms with Crippen molar-refractivity contribution in [2.75, 3.05) is 13.2 Å². The zero-order valence-electron chi connectivity index (χ0n) is 28.7. The van der Waals surface area contributed by atoms with Gasteiger partial charge in [0.25, 0.3) is 0 Å². The van der Waals surface area contributed by atoms with Crippen molar-refractivity contribution in [3.8, 4) is 0 Å². The molecule has 44 heavy (non-hydrogen) atoms. The molecule has 0 aliphatic carbocycles. The quantitative estimate of drug-likeness (QED) is 0.0462. The number of allylic oxidation sites excluding steroid dienone is 8. The number of aliphatic hydroxyl groups excluding tert-OH is 1. The van der Waals surface area contributed by atoms with Crippen molar-refractivity contribution in [1.82, 2.24) is 0 Å². The Hall–Kier alpha value is -2.14. The maximum absolute atomic E-state index is 11.9. The van der Waals surface area contributed by atoms with Crippen molar-refractivity contribution in [3.05, 3.63) is 48.6 Å². The number of carbonyl (C=O) groups is 2. The van der Waals surface area contributed by atoms with Gasteiger partial charge in [0.1, 0.15) is 19.3 Å². The second-order valence-electron chi connectivity index (χ2n) is 12.0. The lowest BCUT2D eigenvalue weighted by Crippen LogP contribution is -2.25. The van der Waals surface area contributed by atoms with Crippen molar-refractivity contribution < 1.29 is 24.2 Å². The van der Waals surface area contributed by atoms with Gasteiger partial charge in [0.2, 0.25) is 0 Å². The number of hydrogen-bond acceptors (Lipinski definition) is 5. The summed E-state index contributed by atoms with van der Waals surface area (Å²) in [6, 6.07) is 0. The molecular weight excluding hydrogens is 548 g/mol. The molecule has 0 spiro atoms. The average Bonchev–Trinajstić information content (AvgIpc) is 3.02. The van der Waals surface area contributed by atoms with Crippen LogP contribution >= 0.6 is 0 Å². The molecule has 0 unspecified atom stereocenters. The Morgan fingerprint density at radius 2 is 0.864 bits per heavy atom. The third-order valence-electron chi connectivity index (χ3n) is 7.58. The molecule has 0 amide bonds. The first-order valence-electron chi connectivity index (χ1n) is 18.2. The van der Waals surface area contributed by atoms with Crippen LogP contribution in [0.5, 0.6) is 0 Å². The highest BCUT2D eigenvalue weighted by molar-refractivity contribution is 5.69. The van der Waals surface area contributed by atoms with Gasteiger partial charge in [0, 0.05) is 12.8 Å². The maximum Gasteiger partial charge on any atom is 0.305 e. The molecule has 254 valence electrons. The summed E-state index contributed by atoms with van der Waals surface area (Å²) in [5, 5.41) is 9.98. The zero-order chi connectivity index (χ0) is 32.2. The molecule has 0 aliphatic rings. The van der Waals surface area contributed by atoms with Crippen molar-refractivity contribution in [3.63, 3.8) is 0 Å². The van der Waals surface area contributed by atoms with Gasteiger partial charge in [-0.3, -0.25) is 9.59 Å². The van der Waals surface area contributed by atoms with Crippen LogP contribution in [0.1, 0.15) is 168 Å². The molecule has 5 heteroatoms. The smallest absolute Gasteiger partial charge is 0.305 e. The monoisotopic (exact) mass is 617 g/mol. The van der Waals surface area contributed by atoms with Gasteiger partial charge in [-0.25, -0.2) is 0 Å². The number of ether oxygens (including phenoxy) is 2. The molecule has 0 rings (SSSR count). The Balaban J connectivity index is 3.50. The van der Waals surface area contributed by atoms with Crippen molar-refractivity contribution in [2.24, 2.45) is 0 Å². The Kier molecular flexibility index (Phi) is 33.6. The Labute approximate surface area is 271 Å². The molecule has 0 aromatic carbocycles. The summed E-state index contributed by atoms with van der Waals surface area (Å²) in [6.45, 7) is 4.15. The second-order valence-corrected chi connectivity index (χ2v) is 12.0. The van der Waals surface area contributed by atoms with E-state index in [1.807, 2.05) is 0 Å². The third-order valence-corrected chi connectivity index (χ3v) is 7.58. The summed E-state index contributed by atoms with van der Waals surface area (Å²) < 4.78 is 10.3. The number of unbranched alkanes of at least 4 members (excludes halogenated alkanes) is 16. The van der Waals surface area contributed by atoms with Crippen LogP contribution in [0.3, 0.4) is 0 Å². The van der Waals surface area contributed by atoms with Crippen LogP contribution in [-0.4, -0.2) is 36.4 Å². The fourth-order valence-corrected chi connectivity index (χ4v) is 4.84. The summed E-state index contributed by atoms with van der Waals surface area (Å²) >= 11 is 0. The summed E-state index contributed by atoms with van der Waals surface area (Å²) in [6.07, 6.45) is 43.0. The summed E-state index contributed by atoms with van der Waals surface area (Å²) in [5.41, 5.74) is 0. The Bertz CT molecular complexity index is 752. The van der Waals surface area contributed by atoms with E-state index in [1.54, 1.807) is 0 Å². The van der Waals surface area contributed by atoms with E-state index in [0.29, 0.717) is 12.8 Å². The first-order valence-corrected chi connectivity index (χ1v) is 18.2. The van der Waals surface area contributed by atoms with Gasteiger partial charge < -0.3 is 14.6 Å². The van der Waals surface area contributed by atoms with Crippen LogP contribution in [0.15, 0.2) is 48.6 Å². The minimum atomic E-state index is -0.972. The van der Waals surface area contributed by atoms with E-state index in [4.69, 9.17) is 9.47 Å². The van der Waals surface area contributed by atoms with Gasteiger partial charge in [-0.1, -0.05) is 152 Å². The minimum Gasteiger partial charge on any atom is -0.463 e. The van der Waals surface area contributed by atoms with Crippen molar-refractivity contribution >= 4 is 11.9 Å². The fraction of sp³-hybridized carbons (Fsp3) is 0.744. The molecular formula is C39H68O5. The van der Waals surface area contributed by atoms with E-state index in [-0.39, 0.29) is 25.2 Å². The molecule has 5 nitrogen and oxygen atoms in total. The van der Waals surface area contributed by atoms with Crippen LogP contribution < -0.4 is 0 Å². The highest BCUT2D eigenvalue weighted by atomic mass is 16.6. The molecule has 0 bridgehead atoms. The molecule has 0 heterocycles. The van der Waals surface area contributed by atoms with Crippen LogP contribution in [0, 0.1) is 0 Å². The molecule has 1 atom stereocenters. The first kappa shape index (κ1) is 41.9. The molecule has 0 saturated heterocycles. The molecule has 0 fully saturated rings. The van der Waals surface area contributed by atoms with Gasteiger partial charge in [-0.15, -0.1) is 0 Å². The normalized spacial score (nSPS) is 12.7. The van der Waals surface area contributed by atoms with Gasteiger partial charge in [0.05, 0.1) is 0 Å². The fourth-order valence-electron chi connectivity index (χ4n) is 4.84. The van der Waals surface area contributed by atoms with Gasteiger partial charge in [-0.05, 0) is 51.4 Å². The standard InChI is InChI=1S/C39H68O5/c1-3-5-7-9-11-13-15-17-18-19-20-22-24-26-28-30-32-34-39(42)44-36-37(40)35-43-38(41)33-31-29-27-25-23-21-16-14-12-10-8-6-4-2/h5,7,11,13,17-18,20,22,37,40H,3-4,6,8-10,12,14-16,19,21,23-36H2,1-2H3/b7-5-,13-11-,18-17-,22-20-/t37-/m1/s1. The highest BCUT2D eigenvalue weighted by Crippen LogP contribution is 2.13. The molecule has 1 N–H and O–H groups in total. The Morgan fingerprint density at radius 3 is 1.30 bits per heavy atom. The largest absolute Gasteiger partial charge is 0.463 e. The van der Waals surface area contributed by atoms with Crippen LogP contribution in [0.25, 0.3) is 0 Å². The van der Waals surface area contributed by atoms with E-state index in [9.17, 15) is 14.7 Å². The van der Waals surface area contributed by atoms with E-state index < -0.39 is 6.10 Å². The van der Waals surface area contributed by atoms with Crippen LogP contribution in [0.4, 0.5) is 0 Å². The number of carbonyl (C=O) groups excluding carboxylic acids is 2. The van der Waals surface area contributed by atoms with Crippen LogP contribution in [-0.2, 0) is 19.1 Å². The number of esters is 2. The average molecular weight is 617 g/mol. The topological polar surface area (TPSA) is 72.8 Å². The van der Waals surface area contributed by atoms with Crippen molar-refractivity contribution in [1.29, 1.82) is 0 Å². The summed E-state index contributed by atoms with van der Waals surface area (Å²) in [5.74, 6) is -0.593. The lowest BCUT2D eigenvalue weighted by molar-refractivity contribution is -0.152. The van der Waals surface area contributed by atoms with E-state index in [2.05, 4.69) is 62.5 Å². The number of aliphatic hydroxyl groups is 1.